The van der Waals surface area contributed by atoms with E-state index >= 15 is 0 Å². The van der Waals surface area contributed by atoms with Crippen LogP contribution in [-0.2, 0) is 0 Å². The largest absolute Gasteiger partial charge is 0.370 e. The Kier molecular flexibility index (Phi) is 3.89. The molecule has 2 aromatic carbocycles. The van der Waals surface area contributed by atoms with Gasteiger partial charge in [0.25, 0.3) is 0 Å². The normalized spacial score (nSPS) is 17.7. The van der Waals surface area contributed by atoms with Gasteiger partial charge in [0.2, 0.25) is 0 Å². The first-order valence-corrected chi connectivity index (χ1v) is 9.41. The minimum Gasteiger partial charge on any atom is -0.370 e. The molecule has 0 atom stereocenters. The smallest absolute Gasteiger partial charge is 0.166 e. The van der Waals surface area contributed by atoms with Gasteiger partial charge in [-0.05, 0) is 30.3 Å². The van der Waals surface area contributed by atoms with Crippen molar-refractivity contribution in [3.63, 3.8) is 0 Å². The van der Waals surface area contributed by atoms with Gasteiger partial charge < -0.3 is 15.5 Å². The van der Waals surface area contributed by atoms with Gasteiger partial charge in [-0.2, -0.15) is 0 Å². The number of aromatic nitrogens is 2. The Morgan fingerprint density at radius 1 is 1.11 bits per heavy atom. The van der Waals surface area contributed by atoms with E-state index in [1.807, 2.05) is 12.1 Å². The standard InChI is InChI=1S/C19H16Cl2FN5/c20-13-2-4-15(17(22)16(13)21)26-18-12-5-11(1-3-14(12)24-10-25-18)27-8-19(9-27)6-23-7-19/h1-5,10,23H,6-9H2,(H,24,25,26). The molecule has 27 heavy (non-hydrogen) atoms. The molecule has 5 rings (SSSR count). The van der Waals surface area contributed by atoms with Gasteiger partial charge in [-0.1, -0.05) is 23.2 Å². The summed E-state index contributed by atoms with van der Waals surface area (Å²) in [6.45, 7) is 4.26. The van der Waals surface area contributed by atoms with Crippen molar-refractivity contribution in [2.24, 2.45) is 5.41 Å². The topological polar surface area (TPSA) is 53.1 Å². The van der Waals surface area contributed by atoms with Gasteiger partial charge in [0, 0.05) is 42.7 Å². The third kappa shape index (κ3) is 2.79. The van der Waals surface area contributed by atoms with Crippen LogP contribution in [0.15, 0.2) is 36.7 Å². The number of hydrogen-bond donors (Lipinski definition) is 2. The minimum absolute atomic E-state index is 0.110. The second-order valence-electron chi connectivity index (χ2n) is 7.23. The Bertz CT molecular complexity index is 1050. The summed E-state index contributed by atoms with van der Waals surface area (Å²) in [5.74, 6) is -0.0751. The Morgan fingerprint density at radius 3 is 2.67 bits per heavy atom. The lowest BCUT2D eigenvalue weighted by Gasteiger charge is -2.57. The van der Waals surface area contributed by atoms with E-state index in [2.05, 4.69) is 31.6 Å². The molecule has 0 bridgehead atoms. The van der Waals surface area contributed by atoms with Crippen molar-refractivity contribution in [1.82, 2.24) is 15.3 Å². The zero-order valence-corrected chi connectivity index (χ0v) is 15.8. The highest BCUT2D eigenvalue weighted by atomic mass is 35.5. The average molecular weight is 404 g/mol. The van der Waals surface area contributed by atoms with Gasteiger partial charge in [-0.25, -0.2) is 14.4 Å². The molecular formula is C19H16Cl2FN5. The fraction of sp³-hybridized carbons (Fsp3) is 0.263. The monoisotopic (exact) mass is 403 g/mol. The van der Waals surface area contributed by atoms with E-state index in [1.54, 1.807) is 12.1 Å². The Labute approximate surface area is 165 Å². The fourth-order valence-electron chi connectivity index (χ4n) is 3.74. The predicted molar refractivity (Wildman–Crippen MR) is 107 cm³/mol. The van der Waals surface area contributed by atoms with E-state index in [4.69, 9.17) is 23.2 Å². The van der Waals surface area contributed by atoms with Crippen LogP contribution in [0.1, 0.15) is 0 Å². The lowest BCUT2D eigenvalue weighted by Crippen LogP contribution is -2.71. The van der Waals surface area contributed by atoms with Crippen molar-refractivity contribution in [3.8, 4) is 0 Å². The summed E-state index contributed by atoms with van der Waals surface area (Å²) in [4.78, 5) is 11.0. The molecule has 3 heterocycles. The maximum atomic E-state index is 14.4. The molecule has 2 N–H and O–H groups in total. The molecule has 1 spiro atoms. The summed E-state index contributed by atoms with van der Waals surface area (Å²) in [5.41, 5.74) is 2.56. The Hall–Kier alpha value is -2.15. The van der Waals surface area contributed by atoms with Crippen LogP contribution < -0.4 is 15.5 Å². The average Bonchev–Trinajstić information content (AvgIpc) is 2.60. The van der Waals surface area contributed by atoms with E-state index < -0.39 is 5.82 Å². The number of rotatable bonds is 3. The van der Waals surface area contributed by atoms with Crippen LogP contribution in [0.4, 0.5) is 21.6 Å². The molecule has 1 aromatic heterocycles. The van der Waals surface area contributed by atoms with Gasteiger partial charge >= 0.3 is 0 Å². The van der Waals surface area contributed by atoms with Crippen LogP contribution in [-0.4, -0.2) is 36.1 Å². The minimum atomic E-state index is -0.603. The second-order valence-corrected chi connectivity index (χ2v) is 8.02. The van der Waals surface area contributed by atoms with Gasteiger partial charge in [-0.15, -0.1) is 0 Å². The number of fused-ring (bicyclic) bond motifs is 1. The van der Waals surface area contributed by atoms with Crippen LogP contribution in [0.25, 0.3) is 10.9 Å². The van der Waals surface area contributed by atoms with E-state index in [9.17, 15) is 4.39 Å². The molecule has 0 radical (unpaired) electrons. The van der Waals surface area contributed by atoms with Crippen LogP contribution in [0.5, 0.6) is 0 Å². The molecule has 0 saturated carbocycles. The van der Waals surface area contributed by atoms with E-state index in [0.717, 1.165) is 42.8 Å². The van der Waals surface area contributed by atoms with Crippen molar-refractivity contribution in [1.29, 1.82) is 0 Å². The second kappa shape index (κ2) is 6.19. The SMILES string of the molecule is Fc1c(Nc2ncnc3ccc(N4CC5(CNC5)C4)cc23)ccc(Cl)c1Cl. The van der Waals surface area contributed by atoms with Crippen molar-refractivity contribution >= 4 is 51.3 Å². The fourth-order valence-corrected chi connectivity index (χ4v) is 4.05. The summed E-state index contributed by atoms with van der Waals surface area (Å²) >= 11 is 11.8. The predicted octanol–water partition coefficient (Wildman–Crippen LogP) is 4.23. The highest BCUT2D eigenvalue weighted by molar-refractivity contribution is 6.42. The molecule has 2 aliphatic heterocycles. The lowest BCUT2D eigenvalue weighted by molar-refractivity contribution is 0.121. The first-order valence-electron chi connectivity index (χ1n) is 8.66. The zero-order valence-electron chi connectivity index (χ0n) is 14.3. The quantitative estimate of drug-likeness (QED) is 0.640. The molecule has 2 aliphatic rings. The van der Waals surface area contributed by atoms with E-state index in [0.29, 0.717) is 11.2 Å². The number of nitrogens with zero attached hydrogens (tertiary/aromatic N) is 3. The van der Waals surface area contributed by atoms with Crippen molar-refractivity contribution in [2.45, 2.75) is 0 Å². The summed E-state index contributed by atoms with van der Waals surface area (Å²) < 4.78 is 14.4. The van der Waals surface area contributed by atoms with E-state index in [1.165, 1.54) is 6.33 Å². The summed E-state index contributed by atoms with van der Waals surface area (Å²) in [5, 5.41) is 7.26. The van der Waals surface area contributed by atoms with Gasteiger partial charge in [0.1, 0.15) is 12.1 Å². The summed E-state index contributed by atoms with van der Waals surface area (Å²) in [6.07, 6.45) is 1.46. The van der Waals surface area contributed by atoms with Gasteiger partial charge in [0.05, 0.1) is 21.2 Å². The molecule has 2 saturated heterocycles. The van der Waals surface area contributed by atoms with Crippen LogP contribution in [0.3, 0.4) is 0 Å². The molecule has 3 aromatic rings. The molecule has 5 nitrogen and oxygen atoms in total. The number of benzene rings is 2. The summed E-state index contributed by atoms with van der Waals surface area (Å²) in [6, 6.07) is 9.18. The van der Waals surface area contributed by atoms with Crippen LogP contribution in [0.2, 0.25) is 10.0 Å². The third-order valence-electron chi connectivity index (χ3n) is 5.32. The number of nitrogens with one attached hydrogen (secondary N) is 2. The van der Waals surface area contributed by atoms with Crippen LogP contribution >= 0.6 is 23.2 Å². The Balaban J connectivity index is 1.49. The lowest BCUT2D eigenvalue weighted by atomic mass is 9.74. The molecule has 8 heteroatoms. The first-order chi connectivity index (χ1) is 13.0. The third-order valence-corrected chi connectivity index (χ3v) is 6.11. The Morgan fingerprint density at radius 2 is 1.93 bits per heavy atom. The van der Waals surface area contributed by atoms with Gasteiger partial charge in [-0.3, -0.25) is 0 Å². The number of hydrogen-bond acceptors (Lipinski definition) is 5. The number of anilines is 3. The molecule has 2 fully saturated rings. The highest BCUT2D eigenvalue weighted by Gasteiger charge is 2.47. The molecular weight excluding hydrogens is 388 g/mol. The molecule has 138 valence electrons. The van der Waals surface area contributed by atoms with Gasteiger partial charge in [0.15, 0.2) is 5.82 Å². The van der Waals surface area contributed by atoms with E-state index in [-0.39, 0.29) is 15.7 Å². The maximum Gasteiger partial charge on any atom is 0.166 e. The maximum absolute atomic E-state index is 14.4. The first kappa shape index (κ1) is 17.0. The molecule has 0 amide bonds. The number of halogens is 3. The van der Waals surface area contributed by atoms with Crippen molar-refractivity contribution in [2.75, 3.05) is 36.4 Å². The molecule has 0 unspecified atom stereocenters. The zero-order chi connectivity index (χ0) is 18.6. The highest BCUT2D eigenvalue weighted by Crippen LogP contribution is 2.39. The molecule has 0 aliphatic carbocycles. The summed E-state index contributed by atoms with van der Waals surface area (Å²) in [7, 11) is 0. The van der Waals surface area contributed by atoms with Crippen molar-refractivity contribution < 1.29 is 4.39 Å². The van der Waals surface area contributed by atoms with Crippen LogP contribution in [0, 0.1) is 11.2 Å². The van der Waals surface area contributed by atoms with Crippen molar-refractivity contribution in [3.05, 3.63) is 52.5 Å².